The van der Waals surface area contributed by atoms with Gasteiger partial charge in [0.25, 0.3) is 0 Å². The minimum Gasteiger partial charge on any atom is -0.366 e. The quantitative estimate of drug-likeness (QED) is 0.726. The second-order valence-electron chi connectivity index (χ2n) is 4.51. The van der Waals surface area contributed by atoms with Gasteiger partial charge < -0.3 is 5.32 Å². The molecule has 2 aromatic heterocycles. The van der Waals surface area contributed by atoms with Crippen molar-refractivity contribution in [3.05, 3.63) is 53.9 Å². The molecule has 3 aromatic rings. The molecule has 0 aliphatic rings. The van der Waals surface area contributed by atoms with Gasteiger partial charge in [-0.2, -0.15) is 0 Å². The third-order valence-electron chi connectivity index (χ3n) is 2.96. The van der Waals surface area contributed by atoms with Crippen LogP contribution in [0.2, 0.25) is 0 Å². The summed E-state index contributed by atoms with van der Waals surface area (Å²) in [7, 11) is 0. The molecule has 4 heteroatoms. The maximum absolute atomic E-state index is 4.68. The Hall–Kier alpha value is -2.20. The van der Waals surface area contributed by atoms with Gasteiger partial charge in [-0.15, -0.1) is 17.9 Å². The molecule has 100 valence electrons. The fraction of sp³-hybridized carbons (Fsp3) is 0.125. The number of anilines is 1. The highest BCUT2D eigenvalue weighted by molar-refractivity contribution is 7.18. The predicted molar refractivity (Wildman–Crippen MR) is 86.3 cm³/mol. The molecule has 3 nitrogen and oxygen atoms in total. The Bertz CT molecular complexity index is 747. The normalized spacial score (nSPS) is 10.7. The summed E-state index contributed by atoms with van der Waals surface area (Å²) in [5, 5.41) is 4.38. The van der Waals surface area contributed by atoms with Crippen LogP contribution in [0.25, 0.3) is 21.6 Å². The largest absolute Gasteiger partial charge is 0.366 e. The number of hydrogen-bond acceptors (Lipinski definition) is 4. The van der Waals surface area contributed by atoms with Gasteiger partial charge in [0.2, 0.25) is 0 Å². The van der Waals surface area contributed by atoms with Crippen LogP contribution in [0.4, 0.5) is 5.82 Å². The van der Waals surface area contributed by atoms with Crippen LogP contribution in [0.5, 0.6) is 0 Å². The summed E-state index contributed by atoms with van der Waals surface area (Å²) < 4.78 is 0. The van der Waals surface area contributed by atoms with E-state index in [1.807, 2.05) is 36.4 Å². The van der Waals surface area contributed by atoms with Gasteiger partial charge in [-0.3, -0.25) is 0 Å². The summed E-state index contributed by atoms with van der Waals surface area (Å²) in [5.74, 6) is 1.63. The van der Waals surface area contributed by atoms with E-state index in [1.165, 1.54) is 4.88 Å². The maximum atomic E-state index is 4.68. The van der Waals surface area contributed by atoms with E-state index in [9.17, 15) is 0 Å². The average molecular weight is 281 g/mol. The summed E-state index contributed by atoms with van der Waals surface area (Å²) >= 11 is 1.69. The van der Waals surface area contributed by atoms with Crippen molar-refractivity contribution in [2.75, 3.05) is 11.9 Å². The van der Waals surface area contributed by atoms with Crippen LogP contribution < -0.4 is 5.32 Å². The summed E-state index contributed by atoms with van der Waals surface area (Å²) in [6, 6.07) is 12.2. The van der Waals surface area contributed by atoms with E-state index in [1.54, 1.807) is 11.3 Å². The Labute approximate surface area is 122 Å². The van der Waals surface area contributed by atoms with Crippen LogP contribution in [0.15, 0.2) is 49.1 Å². The van der Waals surface area contributed by atoms with Gasteiger partial charge in [0.1, 0.15) is 10.6 Å². The number of aryl methyl sites for hydroxylation is 1. The van der Waals surface area contributed by atoms with Crippen molar-refractivity contribution in [3.8, 4) is 11.4 Å². The highest BCUT2D eigenvalue weighted by Gasteiger charge is 2.11. The van der Waals surface area contributed by atoms with Crippen molar-refractivity contribution in [3.63, 3.8) is 0 Å². The van der Waals surface area contributed by atoms with E-state index in [0.717, 1.165) is 27.4 Å². The topological polar surface area (TPSA) is 37.8 Å². The summed E-state index contributed by atoms with van der Waals surface area (Å²) in [6.45, 7) is 6.52. The van der Waals surface area contributed by atoms with E-state index < -0.39 is 0 Å². The lowest BCUT2D eigenvalue weighted by atomic mass is 10.2. The second-order valence-corrected chi connectivity index (χ2v) is 5.74. The second kappa shape index (κ2) is 5.43. The highest BCUT2D eigenvalue weighted by Crippen LogP contribution is 2.30. The van der Waals surface area contributed by atoms with Crippen molar-refractivity contribution in [1.29, 1.82) is 0 Å². The van der Waals surface area contributed by atoms with Crippen LogP contribution in [0, 0.1) is 6.92 Å². The summed E-state index contributed by atoms with van der Waals surface area (Å²) in [5.41, 5.74) is 1.03. The van der Waals surface area contributed by atoms with Crippen molar-refractivity contribution in [2.24, 2.45) is 0 Å². The maximum Gasteiger partial charge on any atom is 0.163 e. The molecule has 1 aromatic carbocycles. The zero-order valence-electron chi connectivity index (χ0n) is 11.3. The van der Waals surface area contributed by atoms with Crippen molar-refractivity contribution >= 4 is 27.4 Å². The van der Waals surface area contributed by atoms with Crippen LogP contribution >= 0.6 is 11.3 Å². The lowest BCUT2D eigenvalue weighted by Gasteiger charge is -2.07. The molecule has 20 heavy (non-hydrogen) atoms. The first-order valence-corrected chi connectivity index (χ1v) is 7.28. The minimum atomic E-state index is 0.690. The number of nitrogens with zero attached hydrogens (tertiary/aromatic N) is 2. The fourth-order valence-electron chi connectivity index (χ4n) is 2.06. The zero-order valence-corrected chi connectivity index (χ0v) is 12.1. The fourth-order valence-corrected chi connectivity index (χ4v) is 2.94. The SMILES string of the molecule is C=CCNc1nc(-c2ccccc2)nc2sc(C)cc12. The van der Waals surface area contributed by atoms with Gasteiger partial charge in [0, 0.05) is 17.0 Å². The minimum absolute atomic E-state index is 0.690. The molecule has 0 aliphatic carbocycles. The molecule has 0 unspecified atom stereocenters. The average Bonchev–Trinajstić information content (AvgIpc) is 2.86. The van der Waals surface area contributed by atoms with Crippen LogP contribution in [-0.4, -0.2) is 16.5 Å². The number of benzene rings is 1. The third-order valence-corrected chi connectivity index (χ3v) is 3.91. The van der Waals surface area contributed by atoms with Crippen LogP contribution in [-0.2, 0) is 0 Å². The number of rotatable bonds is 4. The Morgan fingerprint density at radius 3 is 2.80 bits per heavy atom. The first-order valence-electron chi connectivity index (χ1n) is 6.46. The Morgan fingerprint density at radius 2 is 2.05 bits per heavy atom. The van der Waals surface area contributed by atoms with Crippen molar-refractivity contribution < 1.29 is 0 Å². The Balaban J connectivity index is 2.16. The van der Waals surface area contributed by atoms with Gasteiger partial charge in [0.05, 0.1) is 5.39 Å². The molecule has 2 heterocycles. The summed E-state index contributed by atoms with van der Waals surface area (Å²) in [6.07, 6.45) is 1.83. The van der Waals surface area contributed by atoms with E-state index >= 15 is 0 Å². The first kappa shape index (κ1) is 12.8. The molecule has 0 saturated heterocycles. The summed E-state index contributed by atoms with van der Waals surface area (Å²) in [4.78, 5) is 11.6. The molecule has 0 aliphatic heterocycles. The number of thiophene rings is 1. The first-order chi connectivity index (χ1) is 9.78. The molecule has 0 atom stereocenters. The van der Waals surface area contributed by atoms with Gasteiger partial charge >= 0.3 is 0 Å². The molecule has 0 radical (unpaired) electrons. The number of hydrogen-bond donors (Lipinski definition) is 1. The molecule has 0 spiro atoms. The van der Waals surface area contributed by atoms with E-state index in [4.69, 9.17) is 0 Å². The molecule has 0 saturated carbocycles. The molecule has 0 bridgehead atoms. The van der Waals surface area contributed by atoms with Crippen molar-refractivity contribution in [2.45, 2.75) is 6.92 Å². The number of aromatic nitrogens is 2. The molecular weight excluding hydrogens is 266 g/mol. The van der Waals surface area contributed by atoms with Gasteiger partial charge in [-0.1, -0.05) is 36.4 Å². The molecule has 3 rings (SSSR count). The zero-order chi connectivity index (χ0) is 13.9. The lowest BCUT2D eigenvalue weighted by molar-refractivity contribution is 1.20. The lowest BCUT2D eigenvalue weighted by Crippen LogP contribution is -2.02. The standard InChI is InChI=1S/C16H15N3S/c1-3-9-17-15-13-10-11(2)20-16(13)19-14(18-15)12-7-5-4-6-8-12/h3-8,10H,1,9H2,2H3,(H,17,18,19). The third kappa shape index (κ3) is 2.42. The molecule has 0 amide bonds. The highest BCUT2D eigenvalue weighted by atomic mass is 32.1. The van der Waals surface area contributed by atoms with Crippen molar-refractivity contribution in [1.82, 2.24) is 9.97 Å². The Kier molecular flexibility index (Phi) is 3.48. The van der Waals surface area contributed by atoms with Gasteiger partial charge in [-0.05, 0) is 13.0 Å². The molecule has 0 fully saturated rings. The van der Waals surface area contributed by atoms with E-state index in [-0.39, 0.29) is 0 Å². The molecular formula is C16H15N3S. The van der Waals surface area contributed by atoms with Gasteiger partial charge in [-0.25, -0.2) is 9.97 Å². The number of fused-ring (bicyclic) bond motifs is 1. The smallest absolute Gasteiger partial charge is 0.163 e. The Morgan fingerprint density at radius 1 is 1.25 bits per heavy atom. The van der Waals surface area contributed by atoms with E-state index in [0.29, 0.717) is 6.54 Å². The van der Waals surface area contributed by atoms with E-state index in [2.05, 4.69) is 34.9 Å². The predicted octanol–water partition coefficient (Wildman–Crippen LogP) is 4.26. The number of nitrogens with one attached hydrogen (secondary N) is 1. The monoisotopic (exact) mass is 281 g/mol. The van der Waals surface area contributed by atoms with Crippen LogP contribution in [0.1, 0.15) is 4.88 Å². The van der Waals surface area contributed by atoms with Crippen LogP contribution in [0.3, 0.4) is 0 Å². The molecule has 1 N–H and O–H groups in total. The van der Waals surface area contributed by atoms with Gasteiger partial charge in [0.15, 0.2) is 5.82 Å².